The molecular weight excluding hydrogens is 290 g/mol. The van der Waals surface area contributed by atoms with Gasteiger partial charge in [0, 0.05) is 6.20 Å². The third kappa shape index (κ3) is 2.89. The first-order valence-electron chi connectivity index (χ1n) is 7.02. The van der Waals surface area contributed by atoms with E-state index in [0.29, 0.717) is 5.16 Å². The number of aromatic nitrogens is 3. The number of rotatable bonds is 4. The van der Waals surface area contributed by atoms with E-state index in [9.17, 15) is 9.90 Å². The highest BCUT2D eigenvalue weighted by Gasteiger charge is 2.29. The summed E-state index contributed by atoms with van der Waals surface area (Å²) in [6, 6.07) is 3.59. The number of fused-ring (bicyclic) bond motifs is 1. The first-order chi connectivity index (χ1) is 10.2. The van der Waals surface area contributed by atoms with Crippen LogP contribution < -0.4 is 0 Å². The average Bonchev–Trinajstić information content (AvgIpc) is 2.84. The maximum atomic E-state index is 10.8. The van der Waals surface area contributed by atoms with E-state index in [1.54, 1.807) is 6.20 Å². The summed E-state index contributed by atoms with van der Waals surface area (Å²) < 4.78 is 1.92. The quantitative estimate of drug-likeness (QED) is 0.841. The van der Waals surface area contributed by atoms with E-state index < -0.39 is 12.1 Å². The van der Waals surface area contributed by atoms with Gasteiger partial charge < -0.3 is 10.2 Å². The Morgan fingerprint density at radius 3 is 3.00 bits per heavy atom. The molecule has 1 aliphatic rings. The molecule has 2 N–H and O–H groups in total. The summed E-state index contributed by atoms with van der Waals surface area (Å²) in [7, 11) is 0. The largest absolute Gasteiger partial charge is 0.481 e. The van der Waals surface area contributed by atoms with Gasteiger partial charge in [-0.2, -0.15) is 0 Å². The molecule has 0 saturated heterocycles. The molecule has 0 bridgehead atoms. The van der Waals surface area contributed by atoms with Crippen molar-refractivity contribution in [3.05, 3.63) is 18.3 Å². The van der Waals surface area contributed by atoms with Gasteiger partial charge in [-0.15, -0.1) is 0 Å². The van der Waals surface area contributed by atoms with Crippen LogP contribution in [0.5, 0.6) is 0 Å². The van der Waals surface area contributed by atoms with Gasteiger partial charge in [0.1, 0.15) is 5.52 Å². The molecule has 0 amide bonds. The summed E-state index contributed by atoms with van der Waals surface area (Å²) in [5.74, 6) is -0.928. The van der Waals surface area contributed by atoms with E-state index in [2.05, 4.69) is 9.97 Å². The third-order valence-electron chi connectivity index (χ3n) is 3.77. The lowest BCUT2D eigenvalue weighted by Crippen LogP contribution is -2.28. The number of carboxylic acids is 1. The fraction of sp³-hybridized carbons (Fsp3) is 0.500. The second-order valence-corrected chi connectivity index (χ2v) is 6.15. The van der Waals surface area contributed by atoms with Crippen molar-refractivity contribution in [2.75, 3.05) is 5.75 Å². The maximum absolute atomic E-state index is 10.8. The predicted molar refractivity (Wildman–Crippen MR) is 79.4 cm³/mol. The number of carboxylic acid groups (broad SMARTS) is 1. The molecule has 1 fully saturated rings. The number of aliphatic hydroxyl groups is 1. The molecule has 0 radical (unpaired) electrons. The Balaban J connectivity index is 2.04. The fourth-order valence-electron chi connectivity index (χ4n) is 2.83. The van der Waals surface area contributed by atoms with E-state index in [1.165, 1.54) is 11.8 Å². The van der Waals surface area contributed by atoms with Crippen LogP contribution in [0, 0.1) is 0 Å². The van der Waals surface area contributed by atoms with Crippen LogP contribution in [0.3, 0.4) is 0 Å². The minimum atomic E-state index is -0.879. The number of hydrogen-bond acceptors (Lipinski definition) is 5. The van der Waals surface area contributed by atoms with E-state index >= 15 is 0 Å². The molecule has 0 aliphatic heterocycles. The summed E-state index contributed by atoms with van der Waals surface area (Å²) in [5.41, 5.74) is 1.46. The molecule has 1 saturated carbocycles. The van der Waals surface area contributed by atoms with E-state index in [4.69, 9.17) is 5.11 Å². The highest BCUT2D eigenvalue weighted by Crippen LogP contribution is 2.35. The van der Waals surface area contributed by atoms with Crippen LogP contribution in [-0.2, 0) is 4.79 Å². The van der Waals surface area contributed by atoms with Gasteiger partial charge in [-0.3, -0.25) is 9.36 Å². The first kappa shape index (κ1) is 14.3. The molecule has 0 spiro atoms. The molecule has 2 aromatic rings. The minimum Gasteiger partial charge on any atom is -0.481 e. The first-order valence-corrected chi connectivity index (χ1v) is 8.01. The van der Waals surface area contributed by atoms with Crippen LogP contribution >= 0.6 is 11.8 Å². The Morgan fingerprint density at radius 1 is 1.43 bits per heavy atom. The molecule has 2 heterocycles. The van der Waals surface area contributed by atoms with E-state index in [-0.39, 0.29) is 11.8 Å². The summed E-state index contributed by atoms with van der Waals surface area (Å²) in [5, 5.41) is 19.8. The van der Waals surface area contributed by atoms with Crippen LogP contribution in [-0.4, -0.2) is 42.6 Å². The highest BCUT2D eigenvalue weighted by molar-refractivity contribution is 7.99. The van der Waals surface area contributed by atoms with Crippen molar-refractivity contribution in [2.45, 2.75) is 43.0 Å². The van der Waals surface area contributed by atoms with Crippen molar-refractivity contribution in [1.29, 1.82) is 0 Å². The number of thioether (sulfide) groups is 1. The van der Waals surface area contributed by atoms with E-state index in [1.807, 2.05) is 16.7 Å². The van der Waals surface area contributed by atoms with Gasteiger partial charge in [-0.05, 0) is 25.0 Å². The van der Waals surface area contributed by atoms with Crippen LogP contribution in [0.4, 0.5) is 0 Å². The number of imidazole rings is 1. The fourth-order valence-corrected chi connectivity index (χ4v) is 3.61. The normalized spacial score (nSPS) is 22.5. The van der Waals surface area contributed by atoms with Crippen molar-refractivity contribution in [3.8, 4) is 0 Å². The SMILES string of the molecule is O=C(O)CSc1nc2cccnc2n1C1CCCCC1O. The Kier molecular flexibility index (Phi) is 4.12. The molecule has 3 rings (SSSR count). The number of aliphatic carboxylic acids is 1. The third-order valence-corrected chi connectivity index (χ3v) is 4.70. The number of carbonyl (C=O) groups is 1. The molecule has 0 aromatic carbocycles. The Labute approximate surface area is 126 Å². The second-order valence-electron chi connectivity index (χ2n) is 5.21. The number of hydrogen-bond donors (Lipinski definition) is 2. The van der Waals surface area contributed by atoms with Gasteiger partial charge in [0.25, 0.3) is 0 Å². The number of nitrogens with zero attached hydrogens (tertiary/aromatic N) is 3. The van der Waals surface area contributed by atoms with E-state index in [0.717, 1.165) is 36.8 Å². The van der Waals surface area contributed by atoms with Gasteiger partial charge in [0.2, 0.25) is 0 Å². The summed E-state index contributed by atoms with van der Waals surface area (Å²) in [6.07, 6.45) is 4.97. The second kappa shape index (κ2) is 6.03. The number of pyridine rings is 1. The van der Waals surface area contributed by atoms with Gasteiger partial charge >= 0.3 is 5.97 Å². The molecule has 7 heteroatoms. The standard InChI is InChI=1S/C14H17N3O3S/c18-11-6-2-1-5-10(11)17-13-9(4-3-7-15-13)16-14(17)21-8-12(19)20/h3-4,7,10-11,18H,1-2,5-6,8H2,(H,19,20). The zero-order valence-corrected chi connectivity index (χ0v) is 12.3. The van der Waals surface area contributed by atoms with Crippen LogP contribution in [0.1, 0.15) is 31.7 Å². The molecular formula is C14H17N3O3S. The molecule has 2 aromatic heterocycles. The van der Waals surface area contributed by atoms with Crippen LogP contribution in [0.2, 0.25) is 0 Å². The smallest absolute Gasteiger partial charge is 0.313 e. The molecule has 2 unspecified atom stereocenters. The Morgan fingerprint density at radius 2 is 2.24 bits per heavy atom. The van der Waals surface area contributed by atoms with Crippen molar-refractivity contribution >= 4 is 28.9 Å². The zero-order valence-electron chi connectivity index (χ0n) is 11.5. The average molecular weight is 307 g/mol. The Bertz CT molecular complexity index is 658. The molecule has 6 nitrogen and oxygen atoms in total. The zero-order chi connectivity index (χ0) is 14.8. The lowest BCUT2D eigenvalue weighted by molar-refractivity contribution is -0.133. The summed E-state index contributed by atoms with van der Waals surface area (Å²) in [4.78, 5) is 19.7. The van der Waals surface area contributed by atoms with Gasteiger partial charge in [0.05, 0.1) is 17.9 Å². The van der Waals surface area contributed by atoms with Crippen molar-refractivity contribution < 1.29 is 15.0 Å². The molecule has 2 atom stereocenters. The lowest BCUT2D eigenvalue weighted by atomic mass is 9.92. The lowest BCUT2D eigenvalue weighted by Gasteiger charge is -2.29. The van der Waals surface area contributed by atoms with Gasteiger partial charge in [-0.1, -0.05) is 24.6 Å². The van der Waals surface area contributed by atoms with Crippen LogP contribution in [0.25, 0.3) is 11.2 Å². The molecule has 1 aliphatic carbocycles. The molecule has 112 valence electrons. The van der Waals surface area contributed by atoms with Crippen molar-refractivity contribution in [2.24, 2.45) is 0 Å². The minimum absolute atomic E-state index is 0.0495. The molecule has 21 heavy (non-hydrogen) atoms. The monoisotopic (exact) mass is 307 g/mol. The van der Waals surface area contributed by atoms with Crippen LogP contribution in [0.15, 0.2) is 23.5 Å². The highest BCUT2D eigenvalue weighted by atomic mass is 32.2. The Hall–Kier alpha value is -1.60. The number of aliphatic hydroxyl groups excluding tert-OH is 1. The maximum Gasteiger partial charge on any atom is 0.313 e. The van der Waals surface area contributed by atoms with Crippen molar-refractivity contribution in [1.82, 2.24) is 14.5 Å². The van der Waals surface area contributed by atoms with Gasteiger partial charge in [0.15, 0.2) is 10.8 Å². The summed E-state index contributed by atoms with van der Waals surface area (Å²) in [6.45, 7) is 0. The topological polar surface area (TPSA) is 88.2 Å². The van der Waals surface area contributed by atoms with Crippen molar-refractivity contribution in [3.63, 3.8) is 0 Å². The predicted octanol–water partition coefficient (Wildman–Crippen LogP) is 2.08. The summed E-state index contributed by atoms with van der Waals surface area (Å²) >= 11 is 1.18. The van der Waals surface area contributed by atoms with Gasteiger partial charge in [-0.25, -0.2) is 9.97 Å².